The minimum absolute atomic E-state index is 0.0137. The van der Waals surface area contributed by atoms with E-state index in [1.165, 1.54) is 7.11 Å². The molecule has 1 aromatic rings. The fourth-order valence-corrected chi connectivity index (χ4v) is 0.571. The number of hydrogen-bond donors (Lipinski definition) is 0. The van der Waals surface area contributed by atoms with Crippen LogP contribution in [0.2, 0.25) is 0 Å². The molecule has 0 aliphatic heterocycles. The number of ether oxygens (including phenoxy) is 1. The minimum atomic E-state index is -0.822. The van der Waals surface area contributed by atoms with Crippen molar-refractivity contribution in [2.24, 2.45) is 0 Å². The Labute approximate surface area is 62.0 Å². The van der Waals surface area contributed by atoms with Crippen LogP contribution in [0.4, 0.5) is 4.39 Å². The standard InChI is InChI=1S/C6H6FNO3/c1-10-6(9)4-3-11-5(2-7)8-4/h3H,2H2,1H3. The summed E-state index contributed by atoms with van der Waals surface area (Å²) in [6, 6.07) is 0. The smallest absolute Gasteiger partial charge is 0.360 e. The van der Waals surface area contributed by atoms with Crippen molar-refractivity contribution in [3.63, 3.8) is 0 Å². The largest absolute Gasteiger partial charge is 0.464 e. The van der Waals surface area contributed by atoms with Crippen LogP contribution in [0.1, 0.15) is 16.4 Å². The predicted molar refractivity (Wildman–Crippen MR) is 32.7 cm³/mol. The molecular weight excluding hydrogens is 153 g/mol. The van der Waals surface area contributed by atoms with Gasteiger partial charge in [0.1, 0.15) is 6.26 Å². The number of nitrogens with zero attached hydrogens (tertiary/aromatic N) is 1. The highest BCUT2D eigenvalue weighted by Crippen LogP contribution is 2.03. The number of halogens is 1. The molecule has 0 unspecified atom stereocenters. The van der Waals surface area contributed by atoms with Crippen LogP contribution in [0.5, 0.6) is 0 Å². The van der Waals surface area contributed by atoms with E-state index in [1.807, 2.05) is 0 Å². The van der Waals surface area contributed by atoms with Gasteiger partial charge in [-0.3, -0.25) is 0 Å². The van der Waals surface area contributed by atoms with Crippen LogP contribution >= 0.6 is 0 Å². The Kier molecular flexibility index (Phi) is 2.20. The Hall–Kier alpha value is -1.39. The summed E-state index contributed by atoms with van der Waals surface area (Å²) in [5.74, 6) is -0.751. The number of hydrogen-bond acceptors (Lipinski definition) is 4. The molecule has 0 N–H and O–H groups in total. The van der Waals surface area contributed by atoms with Crippen molar-refractivity contribution in [1.82, 2.24) is 4.98 Å². The summed E-state index contributed by atoms with van der Waals surface area (Å²) in [5.41, 5.74) is -0.0137. The van der Waals surface area contributed by atoms with Crippen LogP contribution in [0.3, 0.4) is 0 Å². The molecule has 0 atom stereocenters. The summed E-state index contributed by atoms with van der Waals surface area (Å²) < 4.78 is 20.7. The van der Waals surface area contributed by atoms with Gasteiger partial charge in [-0.25, -0.2) is 14.2 Å². The number of aromatic nitrogens is 1. The summed E-state index contributed by atoms with van der Waals surface area (Å²) in [6.07, 6.45) is 1.06. The maximum absolute atomic E-state index is 11.8. The number of rotatable bonds is 2. The molecule has 0 aliphatic carbocycles. The summed E-state index contributed by atoms with van der Waals surface area (Å²) in [4.78, 5) is 14.2. The number of alkyl halides is 1. The lowest BCUT2D eigenvalue weighted by atomic mass is 10.5. The third kappa shape index (κ3) is 1.54. The molecule has 4 nitrogen and oxygen atoms in total. The van der Waals surface area contributed by atoms with Crippen molar-refractivity contribution >= 4 is 5.97 Å². The highest BCUT2D eigenvalue weighted by molar-refractivity contribution is 5.86. The first-order chi connectivity index (χ1) is 5.27. The number of carbonyl (C=O) groups is 1. The summed E-state index contributed by atoms with van der Waals surface area (Å²) in [6.45, 7) is -0.822. The summed E-state index contributed by atoms with van der Waals surface area (Å²) in [5, 5.41) is 0. The molecule has 1 aromatic heterocycles. The zero-order chi connectivity index (χ0) is 8.27. The molecule has 0 amide bonds. The molecule has 0 spiro atoms. The third-order valence-corrected chi connectivity index (χ3v) is 1.06. The SMILES string of the molecule is COC(=O)c1coc(CF)n1. The van der Waals surface area contributed by atoms with Gasteiger partial charge < -0.3 is 9.15 Å². The van der Waals surface area contributed by atoms with Gasteiger partial charge in [-0.15, -0.1) is 0 Å². The highest BCUT2D eigenvalue weighted by Gasteiger charge is 2.11. The monoisotopic (exact) mass is 159 g/mol. The van der Waals surface area contributed by atoms with E-state index in [-0.39, 0.29) is 11.6 Å². The zero-order valence-electron chi connectivity index (χ0n) is 5.83. The normalized spacial score (nSPS) is 9.64. The van der Waals surface area contributed by atoms with E-state index >= 15 is 0 Å². The van der Waals surface area contributed by atoms with E-state index < -0.39 is 12.6 Å². The van der Waals surface area contributed by atoms with E-state index in [1.54, 1.807) is 0 Å². The molecule has 1 heterocycles. The highest BCUT2D eigenvalue weighted by atomic mass is 19.1. The Balaban J connectivity index is 2.80. The first-order valence-corrected chi connectivity index (χ1v) is 2.86. The van der Waals surface area contributed by atoms with E-state index in [4.69, 9.17) is 0 Å². The molecule has 0 saturated carbocycles. The van der Waals surface area contributed by atoms with Crippen molar-refractivity contribution in [1.29, 1.82) is 0 Å². The zero-order valence-corrected chi connectivity index (χ0v) is 5.83. The van der Waals surface area contributed by atoms with Gasteiger partial charge in [-0.2, -0.15) is 0 Å². The predicted octanol–water partition coefficient (Wildman–Crippen LogP) is 0.931. The van der Waals surface area contributed by atoms with Crippen molar-refractivity contribution in [2.75, 3.05) is 7.11 Å². The number of oxazole rings is 1. The molecule has 0 fully saturated rings. The topological polar surface area (TPSA) is 52.3 Å². The van der Waals surface area contributed by atoms with Gasteiger partial charge in [0, 0.05) is 0 Å². The second-order valence-corrected chi connectivity index (χ2v) is 1.75. The van der Waals surface area contributed by atoms with Gasteiger partial charge in [0.25, 0.3) is 0 Å². The van der Waals surface area contributed by atoms with Crippen LogP contribution in [0.15, 0.2) is 10.7 Å². The average molecular weight is 159 g/mol. The van der Waals surface area contributed by atoms with Crippen LogP contribution in [0, 0.1) is 0 Å². The van der Waals surface area contributed by atoms with E-state index in [2.05, 4.69) is 14.1 Å². The molecule has 60 valence electrons. The maximum atomic E-state index is 11.8. The molecule has 11 heavy (non-hydrogen) atoms. The first-order valence-electron chi connectivity index (χ1n) is 2.86. The van der Waals surface area contributed by atoms with Crippen LogP contribution in [-0.4, -0.2) is 18.1 Å². The quantitative estimate of drug-likeness (QED) is 0.602. The lowest BCUT2D eigenvalue weighted by Gasteiger charge is -1.88. The number of methoxy groups -OCH3 is 1. The Morgan fingerprint density at radius 3 is 3.09 bits per heavy atom. The van der Waals surface area contributed by atoms with Gasteiger partial charge >= 0.3 is 5.97 Å². The van der Waals surface area contributed by atoms with Crippen LogP contribution < -0.4 is 0 Å². The maximum Gasteiger partial charge on any atom is 0.360 e. The van der Waals surface area contributed by atoms with Crippen molar-refractivity contribution in [2.45, 2.75) is 6.67 Å². The lowest BCUT2D eigenvalue weighted by Crippen LogP contribution is -2.01. The first kappa shape index (κ1) is 7.71. The Bertz CT molecular complexity index is 258. The van der Waals surface area contributed by atoms with Crippen molar-refractivity contribution in [3.05, 3.63) is 17.8 Å². The van der Waals surface area contributed by atoms with Gasteiger partial charge in [0.2, 0.25) is 5.89 Å². The van der Waals surface area contributed by atoms with E-state index in [9.17, 15) is 9.18 Å². The molecule has 1 rings (SSSR count). The fourth-order valence-electron chi connectivity index (χ4n) is 0.571. The number of esters is 1. The van der Waals surface area contributed by atoms with Gasteiger partial charge in [-0.1, -0.05) is 0 Å². The molecule has 5 heteroatoms. The van der Waals surface area contributed by atoms with Gasteiger partial charge in [0.15, 0.2) is 12.4 Å². The second kappa shape index (κ2) is 3.14. The van der Waals surface area contributed by atoms with Gasteiger partial charge in [-0.05, 0) is 0 Å². The molecule has 0 aliphatic rings. The van der Waals surface area contributed by atoms with Crippen molar-refractivity contribution < 1.29 is 18.3 Å². The molecular formula is C6H6FNO3. The average Bonchev–Trinajstić information content (AvgIpc) is 2.50. The summed E-state index contributed by atoms with van der Waals surface area (Å²) in [7, 11) is 1.21. The Morgan fingerprint density at radius 1 is 1.91 bits per heavy atom. The fraction of sp³-hybridized carbons (Fsp3) is 0.333. The van der Waals surface area contributed by atoms with Crippen LogP contribution in [-0.2, 0) is 11.4 Å². The third-order valence-electron chi connectivity index (χ3n) is 1.06. The van der Waals surface area contributed by atoms with Crippen molar-refractivity contribution in [3.8, 4) is 0 Å². The lowest BCUT2D eigenvalue weighted by molar-refractivity contribution is 0.0594. The molecule has 0 aromatic carbocycles. The van der Waals surface area contributed by atoms with E-state index in [0.717, 1.165) is 6.26 Å². The van der Waals surface area contributed by atoms with E-state index in [0.29, 0.717) is 0 Å². The van der Waals surface area contributed by atoms with Crippen LogP contribution in [0.25, 0.3) is 0 Å². The van der Waals surface area contributed by atoms with Gasteiger partial charge in [0.05, 0.1) is 7.11 Å². The second-order valence-electron chi connectivity index (χ2n) is 1.75. The molecule has 0 bridgehead atoms. The summed E-state index contributed by atoms with van der Waals surface area (Å²) >= 11 is 0. The minimum Gasteiger partial charge on any atom is -0.464 e. The molecule has 0 saturated heterocycles. The molecule has 0 radical (unpaired) electrons. The Morgan fingerprint density at radius 2 is 2.64 bits per heavy atom. The number of carbonyl (C=O) groups excluding carboxylic acids is 1.